The van der Waals surface area contributed by atoms with Crippen molar-refractivity contribution in [1.82, 2.24) is 0 Å². The third kappa shape index (κ3) is 3.33. The Kier molecular flexibility index (Phi) is 5.66. The molecule has 0 aliphatic rings. The molecule has 8 heavy (non-hydrogen) atoms. The maximum absolute atomic E-state index is 10.2. The van der Waals surface area contributed by atoms with Crippen molar-refractivity contribution in [3.05, 3.63) is 0 Å². The highest BCUT2D eigenvalue weighted by atomic mass is 32.2. The normalized spacial score (nSPS) is 13.9. The molecule has 1 nitrogen and oxygen atoms in total. The predicted molar refractivity (Wildman–Crippen MR) is 37.8 cm³/mol. The molecule has 0 aromatic heterocycles. The van der Waals surface area contributed by atoms with Crippen molar-refractivity contribution in [2.75, 3.05) is 12.4 Å². The van der Waals surface area contributed by atoms with Crippen LogP contribution in [0.5, 0.6) is 0 Å². The molecule has 1 unspecified atom stereocenters. The minimum absolute atomic E-state index is 0.0784. The number of thioether (sulfide) groups is 1. The van der Waals surface area contributed by atoms with Gasteiger partial charge in [-0.05, 0) is 12.2 Å². The zero-order chi connectivity index (χ0) is 6.41. The topological polar surface area (TPSA) is 19.9 Å². The van der Waals surface area contributed by atoms with Crippen LogP contribution in [0.25, 0.3) is 0 Å². The van der Waals surface area contributed by atoms with E-state index in [1.165, 1.54) is 0 Å². The van der Waals surface area contributed by atoms with Gasteiger partial charge in [0.15, 0.2) is 0 Å². The van der Waals surface area contributed by atoms with Gasteiger partial charge in [-0.3, -0.25) is 0 Å². The van der Waals surface area contributed by atoms with E-state index in [1.54, 1.807) is 11.8 Å². The van der Waals surface area contributed by atoms with Crippen LogP contribution in [0.3, 0.4) is 0 Å². The highest BCUT2D eigenvalue weighted by molar-refractivity contribution is 7.99. The predicted octanol–water partition coefficient (Wildman–Crippen LogP) is 1.95. The summed E-state index contributed by atoms with van der Waals surface area (Å²) in [4.78, 5) is 0. The standard InChI is InChI=1S/C6H13OS/c1-3-6(5-7)8-4-2/h6H,3-5H2,1-2H3. The molecule has 0 spiro atoms. The largest absolute Gasteiger partial charge is 0.236 e. The first-order chi connectivity index (χ1) is 3.85. The fraction of sp³-hybridized carbons (Fsp3) is 1.00. The van der Waals surface area contributed by atoms with E-state index >= 15 is 0 Å². The lowest BCUT2D eigenvalue weighted by Gasteiger charge is -2.05. The monoisotopic (exact) mass is 133 g/mol. The van der Waals surface area contributed by atoms with Gasteiger partial charge in [-0.1, -0.05) is 13.8 Å². The fourth-order valence-corrected chi connectivity index (χ4v) is 1.32. The van der Waals surface area contributed by atoms with Gasteiger partial charge in [-0.15, -0.1) is 0 Å². The third-order valence-electron chi connectivity index (χ3n) is 1.04. The molecule has 0 N–H and O–H groups in total. The van der Waals surface area contributed by atoms with Crippen LogP contribution in [0.15, 0.2) is 0 Å². The average Bonchev–Trinajstić information content (AvgIpc) is 1.83. The smallest absolute Gasteiger partial charge is 0.0940 e. The molecule has 0 saturated heterocycles. The van der Waals surface area contributed by atoms with Gasteiger partial charge < -0.3 is 0 Å². The van der Waals surface area contributed by atoms with E-state index in [0.717, 1.165) is 12.2 Å². The molecule has 0 amide bonds. The molecular weight excluding hydrogens is 120 g/mol. The summed E-state index contributed by atoms with van der Waals surface area (Å²) in [6.07, 6.45) is 1.02. The Morgan fingerprint density at radius 3 is 2.25 bits per heavy atom. The molecule has 1 radical (unpaired) electrons. The molecule has 0 aliphatic carbocycles. The van der Waals surface area contributed by atoms with Gasteiger partial charge in [-0.2, -0.15) is 11.8 Å². The summed E-state index contributed by atoms with van der Waals surface area (Å²) in [5, 5.41) is 10.6. The Labute approximate surface area is 55.5 Å². The SMILES string of the molecule is CCSC(CC)C[O]. The van der Waals surface area contributed by atoms with Crippen LogP contribution >= 0.6 is 11.8 Å². The van der Waals surface area contributed by atoms with E-state index in [4.69, 9.17) is 0 Å². The van der Waals surface area contributed by atoms with E-state index in [9.17, 15) is 5.11 Å². The summed E-state index contributed by atoms with van der Waals surface area (Å²) in [5.41, 5.74) is 0. The minimum Gasteiger partial charge on any atom is -0.236 e. The fourth-order valence-electron chi connectivity index (χ4n) is 0.520. The first kappa shape index (κ1) is 8.31. The van der Waals surface area contributed by atoms with Gasteiger partial charge in [0.1, 0.15) is 0 Å². The summed E-state index contributed by atoms with van der Waals surface area (Å²) in [7, 11) is 0. The molecular formula is C6H13OS. The van der Waals surface area contributed by atoms with E-state index < -0.39 is 0 Å². The molecule has 49 valence electrons. The molecule has 0 rings (SSSR count). The number of hydrogen-bond donors (Lipinski definition) is 0. The van der Waals surface area contributed by atoms with Crippen LogP contribution in [0, 0.1) is 0 Å². The highest BCUT2D eigenvalue weighted by Crippen LogP contribution is 2.12. The van der Waals surface area contributed by atoms with Gasteiger partial charge >= 0.3 is 0 Å². The summed E-state index contributed by atoms with van der Waals surface area (Å²) < 4.78 is 0. The van der Waals surface area contributed by atoms with E-state index in [0.29, 0.717) is 5.25 Å². The Morgan fingerprint density at radius 2 is 2.12 bits per heavy atom. The van der Waals surface area contributed by atoms with Gasteiger partial charge in [-0.25, -0.2) is 5.11 Å². The zero-order valence-corrected chi connectivity index (χ0v) is 6.33. The number of hydrogen-bond acceptors (Lipinski definition) is 1. The summed E-state index contributed by atoms with van der Waals surface area (Å²) >= 11 is 1.76. The van der Waals surface area contributed by atoms with Gasteiger partial charge in [0.2, 0.25) is 0 Å². The van der Waals surface area contributed by atoms with Crippen molar-refractivity contribution < 1.29 is 5.11 Å². The van der Waals surface area contributed by atoms with Crippen LogP contribution in [-0.2, 0) is 5.11 Å². The molecule has 0 saturated carbocycles. The van der Waals surface area contributed by atoms with Gasteiger partial charge in [0, 0.05) is 5.25 Å². The van der Waals surface area contributed by atoms with E-state index in [-0.39, 0.29) is 6.61 Å². The van der Waals surface area contributed by atoms with Crippen molar-refractivity contribution in [3.63, 3.8) is 0 Å². The first-order valence-electron chi connectivity index (χ1n) is 3.04. The maximum atomic E-state index is 10.2. The molecule has 0 fully saturated rings. The Balaban J connectivity index is 3.07. The van der Waals surface area contributed by atoms with Crippen molar-refractivity contribution >= 4 is 11.8 Å². The lowest BCUT2D eigenvalue weighted by Crippen LogP contribution is -2.04. The van der Waals surface area contributed by atoms with Crippen molar-refractivity contribution in [1.29, 1.82) is 0 Å². The Bertz CT molecular complexity index is 43.8. The quantitative estimate of drug-likeness (QED) is 0.574. The molecule has 0 aliphatic heterocycles. The van der Waals surface area contributed by atoms with Crippen molar-refractivity contribution in [2.45, 2.75) is 25.5 Å². The van der Waals surface area contributed by atoms with Crippen LogP contribution in [-0.4, -0.2) is 17.6 Å². The lowest BCUT2D eigenvalue weighted by molar-refractivity contribution is 0.193. The molecule has 0 aromatic rings. The molecule has 0 aromatic carbocycles. The van der Waals surface area contributed by atoms with Gasteiger partial charge in [0.25, 0.3) is 0 Å². The number of rotatable bonds is 4. The van der Waals surface area contributed by atoms with Crippen LogP contribution in [0.4, 0.5) is 0 Å². The lowest BCUT2D eigenvalue weighted by atomic mass is 10.3. The van der Waals surface area contributed by atoms with Crippen LogP contribution in [0.2, 0.25) is 0 Å². The highest BCUT2D eigenvalue weighted by Gasteiger charge is 2.01. The summed E-state index contributed by atoms with van der Waals surface area (Å²) in [6, 6.07) is 0. The Hall–Kier alpha value is 0.310. The average molecular weight is 133 g/mol. The van der Waals surface area contributed by atoms with Crippen molar-refractivity contribution in [2.24, 2.45) is 0 Å². The second-order valence-corrected chi connectivity index (χ2v) is 3.23. The third-order valence-corrected chi connectivity index (χ3v) is 2.32. The second-order valence-electron chi connectivity index (χ2n) is 1.65. The summed E-state index contributed by atoms with van der Waals surface area (Å²) in [6.45, 7) is 4.23. The summed E-state index contributed by atoms with van der Waals surface area (Å²) in [5.74, 6) is 1.07. The van der Waals surface area contributed by atoms with E-state index in [1.807, 2.05) is 0 Å². The minimum atomic E-state index is 0.0784. The zero-order valence-electron chi connectivity index (χ0n) is 5.52. The molecule has 1 atom stereocenters. The van der Waals surface area contributed by atoms with Crippen LogP contribution in [0.1, 0.15) is 20.3 Å². The Morgan fingerprint density at radius 1 is 1.50 bits per heavy atom. The maximum Gasteiger partial charge on any atom is 0.0940 e. The van der Waals surface area contributed by atoms with Crippen LogP contribution < -0.4 is 0 Å². The van der Waals surface area contributed by atoms with Crippen molar-refractivity contribution in [3.8, 4) is 0 Å². The van der Waals surface area contributed by atoms with Gasteiger partial charge in [0.05, 0.1) is 6.61 Å². The first-order valence-corrected chi connectivity index (χ1v) is 4.09. The molecule has 0 heterocycles. The van der Waals surface area contributed by atoms with E-state index in [2.05, 4.69) is 13.8 Å². The molecule has 2 heteroatoms. The molecule has 0 bridgehead atoms. The second kappa shape index (κ2) is 5.45.